The van der Waals surface area contributed by atoms with Crippen LogP contribution in [0.5, 0.6) is 0 Å². The molecule has 1 aromatic rings. The summed E-state index contributed by atoms with van der Waals surface area (Å²) < 4.78 is -0.409. The number of hydrogen-bond donors (Lipinski definition) is 0. The average molecular weight is 248 g/mol. The van der Waals surface area contributed by atoms with Crippen LogP contribution in [0.2, 0.25) is 0 Å². The van der Waals surface area contributed by atoms with E-state index in [2.05, 4.69) is 0 Å². The van der Waals surface area contributed by atoms with E-state index in [4.69, 9.17) is 0 Å². The summed E-state index contributed by atoms with van der Waals surface area (Å²) in [7, 11) is 3.27. The highest BCUT2D eigenvalue weighted by Gasteiger charge is 2.29. The first-order valence-electron chi connectivity index (χ1n) is 6.36. The van der Waals surface area contributed by atoms with Gasteiger partial charge in [0.2, 0.25) is 5.91 Å². The Kier molecular flexibility index (Phi) is 3.68. The highest BCUT2D eigenvalue weighted by atomic mass is 16.5. The molecule has 1 heterocycles. The molecule has 1 aliphatic heterocycles. The van der Waals surface area contributed by atoms with Gasteiger partial charge in [0.1, 0.15) is 6.04 Å². The minimum absolute atomic E-state index is 0.171. The number of nitrogens with zero attached hydrogens (tertiary/aromatic N) is 2. The van der Waals surface area contributed by atoms with E-state index in [-0.39, 0.29) is 11.9 Å². The Bertz CT molecular complexity index is 412. The Morgan fingerprint density at radius 3 is 2.50 bits per heavy atom. The maximum atomic E-state index is 12.3. The topological polar surface area (TPSA) is 43.4 Å². The molecule has 1 saturated heterocycles. The smallest absolute Gasteiger partial charge is 0.222 e. The fraction of sp³-hybridized carbons (Fsp3) is 0.500. The molecule has 0 spiro atoms. The quantitative estimate of drug-likeness (QED) is 0.603. The van der Waals surface area contributed by atoms with Gasteiger partial charge in [-0.2, -0.15) is 0 Å². The second-order valence-electron chi connectivity index (χ2n) is 5.30. The van der Waals surface area contributed by atoms with E-state index in [9.17, 15) is 10.0 Å². The SMILES string of the molecule is C[N+](C)([O-])C(CN1CCCC1=O)c1ccccc1. The van der Waals surface area contributed by atoms with Gasteiger partial charge in [-0.05, 0) is 6.42 Å². The van der Waals surface area contributed by atoms with Gasteiger partial charge in [0.05, 0.1) is 20.6 Å². The summed E-state index contributed by atoms with van der Waals surface area (Å²) in [4.78, 5) is 13.5. The normalized spacial score (nSPS) is 18.2. The Balaban J connectivity index is 2.19. The molecular weight excluding hydrogens is 228 g/mol. The first-order valence-corrected chi connectivity index (χ1v) is 6.36. The number of carbonyl (C=O) groups is 1. The summed E-state index contributed by atoms with van der Waals surface area (Å²) in [5, 5.41) is 12.3. The second kappa shape index (κ2) is 5.08. The van der Waals surface area contributed by atoms with E-state index in [0.29, 0.717) is 13.0 Å². The van der Waals surface area contributed by atoms with E-state index in [1.807, 2.05) is 35.2 Å². The van der Waals surface area contributed by atoms with Gasteiger partial charge in [-0.15, -0.1) is 0 Å². The van der Waals surface area contributed by atoms with Crippen molar-refractivity contribution in [3.63, 3.8) is 0 Å². The monoisotopic (exact) mass is 248 g/mol. The van der Waals surface area contributed by atoms with E-state index in [1.54, 1.807) is 14.1 Å². The van der Waals surface area contributed by atoms with Crippen molar-refractivity contribution < 1.29 is 9.44 Å². The number of likely N-dealkylation sites (N-methyl/N-ethyl adjacent to an activating group) is 1. The largest absolute Gasteiger partial charge is 0.633 e. The number of benzene rings is 1. The zero-order valence-corrected chi connectivity index (χ0v) is 11.0. The highest BCUT2D eigenvalue weighted by molar-refractivity contribution is 5.78. The minimum Gasteiger partial charge on any atom is -0.633 e. The molecule has 18 heavy (non-hydrogen) atoms. The van der Waals surface area contributed by atoms with Crippen LogP contribution in [0.15, 0.2) is 30.3 Å². The van der Waals surface area contributed by atoms with Gasteiger partial charge in [-0.3, -0.25) is 4.79 Å². The molecule has 2 rings (SSSR count). The van der Waals surface area contributed by atoms with E-state index in [0.717, 1.165) is 18.5 Å². The van der Waals surface area contributed by atoms with E-state index < -0.39 is 4.65 Å². The Hall–Kier alpha value is -1.39. The van der Waals surface area contributed by atoms with Crippen LogP contribution < -0.4 is 0 Å². The molecule has 4 nitrogen and oxygen atoms in total. The Labute approximate surface area is 108 Å². The predicted octanol–water partition coefficient (Wildman–Crippen LogP) is 1.92. The van der Waals surface area contributed by atoms with Crippen LogP contribution in [0.25, 0.3) is 0 Å². The summed E-state index contributed by atoms with van der Waals surface area (Å²) in [6, 6.07) is 9.51. The fourth-order valence-corrected chi connectivity index (χ4v) is 2.44. The molecule has 1 aromatic carbocycles. The average Bonchev–Trinajstić information content (AvgIpc) is 2.71. The molecule has 1 amide bonds. The first-order chi connectivity index (χ1) is 8.48. The molecule has 0 radical (unpaired) electrons. The maximum absolute atomic E-state index is 12.3. The molecule has 4 heteroatoms. The third kappa shape index (κ3) is 2.89. The minimum atomic E-state index is -0.409. The van der Waals surface area contributed by atoms with Crippen LogP contribution in [-0.4, -0.2) is 42.6 Å². The Morgan fingerprint density at radius 1 is 1.33 bits per heavy atom. The maximum Gasteiger partial charge on any atom is 0.222 e. The van der Waals surface area contributed by atoms with Crippen molar-refractivity contribution in [1.29, 1.82) is 0 Å². The molecule has 1 aliphatic rings. The van der Waals surface area contributed by atoms with Gasteiger partial charge in [0.15, 0.2) is 0 Å². The molecule has 0 bridgehead atoms. The van der Waals surface area contributed by atoms with Crippen LogP contribution >= 0.6 is 0 Å². The van der Waals surface area contributed by atoms with E-state index in [1.165, 1.54) is 0 Å². The Morgan fingerprint density at radius 2 is 2.00 bits per heavy atom. The zero-order chi connectivity index (χ0) is 13.2. The fourth-order valence-electron chi connectivity index (χ4n) is 2.44. The number of quaternary nitrogens is 1. The summed E-state index contributed by atoms with van der Waals surface area (Å²) in [6.45, 7) is 1.29. The van der Waals surface area contributed by atoms with Gasteiger partial charge in [-0.25, -0.2) is 0 Å². The molecule has 0 aliphatic carbocycles. The number of hydroxylamine groups is 3. The van der Waals surface area contributed by atoms with Crippen molar-refractivity contribution in [3.8, 4) is 0 Å². The lowest BCUT2D eigenvalue weighted by Gasteiger charge is -2.43. The van der Waals surface area contributed by atoms with Crippen LogP contribution in [-0.2, 0) is 4.79 Å². The molecule has 1 atom stereocenters. The van der Waals surface area contributed by atoms with Crippen LogP contribution in [0, 0.1) is 5.21 Å². The summed E-state index contributed by atoms with van der Waals surface area (Å²) in [6.07, 6.45) is 1.53. The number of carbonyl (C=O) groups excluding carboxylic acids is 1. The number of hydrogen-bond acceptors (Lipinski definition) is 2. The number of likely N-dealkylation sites (tertiary alicyclic amines) is 1. The van der Waals surface area contributed by atoms with Gasteiger partial charge in [0.25, 0.3) is 0 Å². The van der Waals surface area contributed by atoms with Crippen molar-refractivity contribution in [2.24, 2.45) is 0 Å². The number of rotatable bonds is 4. The van der Waals surface area contributed by atoms with Crippen molar-refractivity contribution >= 4 is 5.91 Å². The molecule has 1 fully saturated rings. The predicted molar refractivity (Wildman–Crippen MR) is 70.5 cm³/mol. The van der Waals surface area contributed by atoms with Gasteiger partial charge >= 0.3 is 0 Å². The molecule has 98 valence electrons. The lowest BCUT2D eigenvalue weighted by Crippen LogP contribution is -2.44. The summed E-state index contributed by atoms with van der Waals surface area (Å²) >= 11 is 0. The second-order valence-corrected chi connectivity index (χ2v) is 5.30. The molecule has 0 N–H and O–H groups in total. The van der Waals surface area contributed by atoms with Gasteiger partial charge < -0.3 is 14.8 Å². The van der Waals surface area contributed by atoms with Crippen molar-refractivity contribution in [2.75, 3.05) is 27.2 Å². The third-order valence-corrected chi connectivity index (χ3v) is 3.50. The standard InChI is InChI=1S/C14H20N2O2/c1-16(2,18)13(12-7-4-3-5-8-12)11-15-10-6-9-14(15)17/h3-5,7-8,13H,6,9-11H2,1-2H3. The van der Waals surface area contributed by atoms with Gasteiger partial charge in [-0.1, -0.05) is 30.3 Å². The zero-order valence-electron chi connectivity index (χ0n) is 11.0. The van der Waals surface area contributed by atoms with Gasteiger partial charge in [0, 0.05) is 18.5 Å². The highest BCUT2D eigenvalue weighted by Crippen LogP contribution is 2.26. The number of amides is 1. The van der Waals surface area contributed by atoms with Crippen LogP contribution in [0.1, 0.15) is 24.4 Å². The molecule has 0 aromatic heterocycles. The summed E-state index contributed by atoms with van der Waals surface area (Å²) in [5.41, 5.74) is 0.997. The molecule has 0 saturated carbocycles. The third-order valence-electron chi connectivity index (χ3n) is 3.50. The van der Waals surface area contributed by atoms with Crippen molar-refractivity contribution in [1.82, 2.24) is 4.90 Å². The van der Waals surface area contributed by atoms with Crippen molar-refractivity contribution in [3.05, 3.63) is 41.1 Å². The van der Waals surface area contributed by atoms with Crippen molar-refractivity contribution in [2.45, 2.75) is 18.9 Å². The first kappa shape index (κ1) is 13.1. The summed E-state index contributed by atoms with van der Waals surface area (Å²) in [5.74, 6) is 0.171. The lowest BCUT2D eigenvalue weighted by atomic mass is 10.1. The lowest BCUT2D eigenvalue weighted by molar-refractivity contribution is -0.872. The van der Waals surface area contributed by atoms with Crippen LogP contribution in [0.4, 0.5) is 0 Å². The van der Waals surface area contributed by atoms with Crippen LogP contribution in [0.3, 0.4) is 0 Å². The molecular formula is C14H20N2O2. The van der Waals surface area contributed by atoms with E-state index >= 15 is 0 Å². The molecule has 1 unspecified atom stereocenters.